The molecular weight excluding hydrogens is 547 g/mol. The molecule has 2 aromatic carbocycles. The SMILES string of the molecule is N#Cc1ccc(N2CCCN(c3nccc4ccc(S(=O)(=O)NCc5cn(C6CCOC6)nn5)cc34)CC2)c(F)c1. The lowest BCUT2D eigenvalue weighted by molar-refractivity contribution is 0.184. The van der Waals surface area contributed by atoms with Crippen LogP contribution in [-0.2, 0) is 21.3 Å². The van der Waals surface area contributed by atoms with Gasteiger partial charge in [0, 0.05) is 44.4 Å². The molecular formula is C28H29FN8O3S. The van der Waals surface area contributed by atoms with Crippen LogP contribution in [0.15, 0.2) is 59.8 Å². The largest absolute Gasteiger partial charge is 0.379 e. The molecule has 212 valence electrons. The van der Waals surface area contributed by atoms with Crippen LogP contribution in [0, 0.1) is 17.1 Å². The standard InChI is InChI=1S/C28H29FN8O3S/c29-26-14-20(16-30)2-5-27(26)35-9-1-10-36(12-11-35)28-25-15-24(4-3-21(25)6-8-31-28)41(38,39)32-17-22-18-37(34-33-22)23-7-13-40-19-23/h2-6,8,14-15,18,23,32H,1,7,9-13,17,19H2. The number of hydrogen-bond donors (Lipinski definition) is 1. The van der Waals surface area contributed by atoms with Crippen molar-refractivity contribution >= 4 is 32.3 Å². The molecule has 11 nitrogen and oxygen atoms in total. The van der Waals surface area contributed by atoms with E-state index in [0.717, 1.165) is 23.6 Å². The summed E-state index contributed by atoms with van der Waals surface area (Å²) in [6.07, 6.45) is 5.07. The van der Waals surface area contributed by atoms with E-state index in [9.17, 15) is 12.8 Å². The summed E-state index contributed by atoms with van der Waals surface area (Å²) < 4.78 is 50.9. The third-order valence-electron chi connectivity index (χ3n) is 7.52. The van der Waals surface area contributed by atoms with E-state index in [1.54, 1.807) is 47.4 Å². The fourth-order valence-corrected chi connectivity index (χ4v) is 6.33. The molecule has 0 spiro atoms. The molecule has 2 aromatic heterocycles. The van der Waals surface area contributed by atoms with E-state index < -0.39 is 15.8 Å². The molecule has 0 saturated carbocycles. The highest BCUT2D eigenvalue weighted by Crippen LogP contribution is 2.29. The van der Waals surface area contributed by atoms with E-state index >= 15 is 0 Å². The number of ether oxygens (including phenoxy) is 1. The molecule has 13 heteroatoms. The molecule has 4 aromatic rings. The van der Waals surface area contributed by atoms with Gasteiger partial charge in [0.05, 0.1) is 53.3 Å². The molecule has 1 unspecified atom stereocenters. The van der Waals surface area contributed by atoms with E-state index in [1.807, 2.05) is 17.0 Å². The van der Waals surface area contributed by atoms with Crippen LogP contribution < -0.4 is 14.5 Å². The molecule has 0 radical (unpaired) electrons. The molecule has 0 bridgehead atoms. The quantitative estimate of drug-likeness (QED) is 0.353. The van der Waals surface area contributed by atoms with E-state index in [1.165, 1.54) is 6.07 Å². The maximum absolute atomic E-state index is 14.7. The van der Waals surface area contributed by atoms with Gasteiger partial charge >= 0.3 is 0 Å². The fourth-order valence-electron chi connectivity index (χ4n) is 5.31. The van der Waals surface area contributed by atoms with Crippen molar-refractivity contribution in [2.45, 2.75) is 30.3 Å². The van der Waals surface area contributed by atoms with Gasteiger partial charge < -0.3 is 14.5 Å². The van der Waals surface area contributed by atoms with Crippen molar-refractivity contribution in [2.75, 3.05) is 49.2 Å². The Hall–Kier alpha value is -4.12. The Bertz CT molecular complexity index is 1720. The first kappa shape index (κ1) is 27.1. The van der Waals surface area contributed by atoms with E-state index in [2.05, 4.69) is 24.9 Å². The van der Waals surface area contributed by atoms with Crippen molar-refractivity contribution in [2.24, 2.45) is 0 Å². The number of sulfonamides is 1. The molecule has 4 heterocycles. The van der Waals surface area contributed by atoms with Crippen molar-refractivity contribution in [3.8, 4) is 6.07 Å². The molecule has 41 heavy (non-hydrogen) atoms. The lowest BCUT2D eigenvalue weighted by Gasteiger charge is -2.25. The van der Waals surface area contributed by atoms with Crippen LogP contribution in [0.1, 0.15) is 30.1 Å². The Balaban J connectivity index is 1.19. The van der Waals surface area contributed by atoms with Crippen molar-refractivity contribution in [3.63, 3.8) is 0 Å². The van der Waals surface area contributed by atoms with Crippen LogP contribution in [0.3, 0.4) is 0 Å². The number of anilines is 2. The summed E-state index contributed by atoms with van der Waals surface area (Å²) in [4.78, 5) is 8.83. The van der Waals surface area contributed by atoms with Crippen LogP contribution >= 0.6 is 0 Å². The van der Waals surface area contributed by atoms with Crippen LogP contribution in [0.4, 0.5) is 15.9 Å². The van der Waals surface area contributed by atoms with Crippen LogP contribution in [-0.4, -0.2) is 67.8 Å². The summed E-state index contributed by atoms with van der Waals surface area (Å²) in [5.41, 5.74) is 1.28. The molecule has 0 amide bonds. The fraction of sp³-hybridized carbons (Fsp3) is 0.357. The Morgan fingerprint density at radius 3 is 2.76 bits per heavy atom. The van der Waals surface area contributed by atoms with E-state index in [-0.39, 0.29) is 23.0 Å². The molecule has 2 aliphatic heterocycles. The highest BCUT2D eigenvalue weighted by Gasteiger charge is 2.23. The summed E-state index contributed by atoms with van der Waals surface area (Å²) >= 11 is 0. The molecule has 2 fully saturated rings. The number of pyridine rings is 1. The first-order chi connectivity index (χ1) is 19.9. The van der Waals surface area contributed by atoms with Crippen LogP contribution in [0.2, 0.25) is 0 Å². The molecule has 2 saturated heterocycles. The summed E-state index contributed by atoms with van der Waals surface area (Å²) in [6, 6.07) is 13.5. The minimum absolute atomic E-state index is 0.0156. The van der Waals surface area contributed by atoms with Crippen LogP contribution in [0.5, 0.6) is 0 Å². The highest BCUT2D eigenvalue weighted by molar-refractivity contribution is 7.89. The van der Waals surface area contributed by atoms with Gasteiger partial charge in [0.2, 0.25) is 10.0 Å². The molecule has 1 atom stereocenters. The zero-order chi connectivity index (χ0) is 28.4. The van der Waals surface area contributed by atoms with Gasteiger partial charge in [-0.2, -0.15) is 5.26 Å². The maximum Gasteiger partial charge on any atom is 0.240 e. The predicted molar refractivity (Wildman–Crippen MR) is 150 cm³/mol. The monoisotopic (exact) mass is 576 g/mol. The summed E-state index contributed by atoms with van der Waals surface area (Å²) in [7, 11) is -3.84. The van der Waals surface area contributed by atoms with Crippen molar-refractivity contribution in [1.29, 1.82) is 5.26 Å². The number of nitrogens with zero attached hydrogens (tertiary/aromatic N) is 7. The number of nitriles is 1. The average Bonchev–Trinajstić information content (AvgIpc) is 3.64. The minimum atomic E-state index is -3.84. The zero-order valence-corrected chi connectivity index (χ0v) is 23.1. The molecule has 0 aliphatic carbocycles. The molecule has 1 N–H and O–H groups in total. The van der Waals surface area contributed by atoms with Crippen LogP contribution in [0.25, 0.3) is 10.8 Å². The number of halogens is 1. The number of nitrogens with one attached hydrogen (secondary N) is 1. The Labute approximate surface area is 237 Å². The summed E-state index contributed by atoms with van der Waals surface area (Å²) in [6.45, 7) is 3.71. The zero-order valence-electron chi connectivity index (χ0n) is 22.3. The number of benzene rings is 2. The van der Waals surface area contributed by atoms with Gasteiger partial charge in [0.15, 0.2) is 0 Å². The Kier molecular flexibility index (Phi) is 7.53. The third-order valence-corrected chi connectivity index (χ3v) is 8.92. The Morgan fingerprint density at radius 1 is 1.10 bits per heavy atom. The highest BCUT2D eigenvalue weighted by atomic mass is 32.2. The number of rotatable bonds is 7. The first-order valence-electron chi connectivity index (χ1n) is 13.5. The van der Waals surface area contributed by atoms with E-state index in [0.29, 0.717) is 56.6 Å². The maximum atomic E-state index is 14.7. The topological polar surface area (TPSA) is 129 Å². The predicted octanol–water partition coefficient (Wildman–Crippen LogP) is 2.99. The lowest BCUT2D eigenvalue weighted by Crippen LogP contribution is -2.31. The second-order valence-corrected chi connectivity index (χ2v) is 11.9. The second-order valence-electron chi connectivity index (χ2n) is 10.2. The van der Waals surface area contributed by atoms with Gasteiger partial charge in [-0.1, -0.05) is 11.3 Å². The molecule has 6 rings (SSSR count). The van der Waals surface area contributed by atoms with Gasteiger partial charge in [0.1, 0.15) is 11.6 Å². The van der Waals surface area contributed by atoms with Gasteiger partial charge in [-0.05, 0) is 54.6 Å². The van der Waals surface area contributed by atoms with Crippen molar-refractivity contribution < 1.29 is 17.5 Å². The first-order valence-corrected chi connectivity index (χ1v) is 15.0. The Morgan fingerprint density at radius 2 is 1.95 bits per heavy atom. The number of aromatic nitrogens is 4. The second kappa shape index (κ2) is 11.4. The smallest absolute Gasteiger partial charge is 0.240 e. The van der Waals surface area contributed by atoms with Gasteiger partial charge in [-0.3, -0.25) is 0 Å². The molecule has 2 aliphatic rings. The summed E-state index contributed by atoms with van der Waals surface area (Å²) in [5.74, 6) is 0.265. The minimum Gasteiger partial charge on any atom is -0.379 e. The summed E-state index contributed by atoms with van der Waals surface area (Å²) in [5, 5.41) is 18.9. The van der Waals surface area contributed by atoms with E-state index in [4.69, 9.17) is 10.00 Å². The normalized spacial score (nSPS) is 18.0. The van der Waals surface area contributed by atoms with Gasteiger partial charge in [-0.15, -0.1) is 5.10 Å². The van der Waals surface area contributed by atoms with Gasteiger partial charge in [-0.25, -0.2) is 27.2 Å². The van der Waals surface area contributed by atoms with Crippen molar-refractivity contribution in [3.05, 3.63) is 71.9 Å². The third kappa shape index (κ3) is 5.72. The van der Waals surface area contributed by atoms with Crippen molar-refractivity contribution in [1.82, 2.24) is 24.7 Å². The van der Waals surface area contributed by atoms with Gasteiger partial charge in [0.25, 0.3) is 0 Å². The average molecular weight is 577 g/mol. The number of hydrogen-bond acceptors (Lipinski definition) is 9. The lowest BCUT2D eigenvalue weighted by atomic mass is 10.1. The number of fused-ring (bicyclic) bond motifs is 1.